The van der Waals surface area contributed by atoms with E-state index in [1.807, 2.05) is 70.5 Å². The number of benzene rings is 2. The Labute approximate surface area is 194 Å². The molecule has 0 radical (unpaired) electrons. The monoisotopic (exact) mass is 440 g/mol. The fraction of sp³-hybridized carbons (Fsp3) is 0.259. The van der Waals surface area contributed by atoms with Crippen LogP contribution < -0.4 is 4.74 Å². The summed E-state index contributed by atoms with van der Waals surface area (Å²) in [5.41, 5.74) is 4.89. The highest BCUT2D eigenvalue weighted by Crippen LogP contribution is 2.32. The lowest BCUT2D eigenvalue weighted by molar-refractivity contribution is 0.0749. The summed E-state index contributed by atoms with van der Waals surface area (Å²) >= 11 is 0. The predicted octanol–water partition coefficient (Wildman–Crippen LogP) is 5.31. The molecule has 0 saturated carbocycles. The number of rotatable bonds is 7. The van der Waals surface area contributed by atoms with Crippen LogP contribution in [-0.4, -0.2) is 31.8 Å². The fourth-order valence-electron chi connectivity index (χ4n) is 4.27. The minimum atomic E-state index is 0.00834. The van der Waals surface area contributed by atoms with E-state index in [4.69, 9.17) is 9.84 Å². The summed E-state index contributed by atoms with van der Waals surface area (Å²) in [6, 6.07) is 19.7. The van der Waals surface area contributed by atoms with E-state index in [9.17, 15) is 4.79 Å². The number of aromatic nitrogens is 3. The summed E-state index contributed by atoms with van der Waals surface area (Å²) in [7, 11) is 0. The first-order valence-electron chi connectivity index (χ1n) is 11.5. The molecule has 6 nitrogen and oxygen atoms in total. The average Bonchev–Trinajstić information content (AvgIpc) is 3.56. The number of aryl methyl sites for hydroxylation is 1. The zero-order valence-electron chi connectivity index (χ0n) is 19.1. The number of nitrogens with zero attached hydrogens (tertiary/aromatic N) is 4. The molecule has 0 atom stereocenters. The number of carbonyl (C=O) groups is 1. The summed E-state index contributed by atoms with van der Waals surface area (Å²) in [6.07, 6.45) is 6.16. The van der Waals surface area contributed by atoms with E-state index in [0.717, 1.165) is 46.9 Å². The number of hydrogen-bond donors (Lipinski definition) is 0. The van der Waals surface area contributed by atoms with Crippen LogP contribution in [0.2, 0.25) is 0 Å². The molecule has 1 aliphatic rings. The molecule has 4 aromatic rings. The molecular weight excluding hydrogens is 412 g/mol. The minimum absolute atomic E-state index is 0.00834. The zero-order valence-corrected chi connectivity index (χ0v) is 19.1. The third-order valence-corrected chi connectivity index (χ3v) is 6.08. The maximum Gasteiger partial charge on any atom is 0.254 e. The van der Waals surface area contributed by atoms with Gasteiger partial charge in [-0.05, 0) is 61.4 Å². The normalized spacial score (nSPS) is 12.7. The summed E-state index contributed by atoms with van der Waals surface area (Å²) in [5.74, 6) is 1.79. The topological polar surface area (TPSA) is 52.3 Å². The molecule has 3 heterocycles. The second kappa shape index (κ2) is 8.98. The standard InChI is InChI=1S/C27H28N4O2/c1-3-4-17-33-22-13-11-21(12-14-22)27(32)30-18-23-24(19-30)28-31(25-10-6-5-9-20(25)2)26(23)29-15-7-8-16-29/h5-16H,3-4,17-19H2,1-2H3. The van der Waals surface area contributed by atoms with E-state index in [1.165, 1.54) is 0 Å². The third-order valence-electron chi connectivity index (χ3n) is 6.08. The van der Waals surface area contributed by atoms with Crippen LogP contribution in [0.4, 0.5) is 0 Å². The van der Waals surface area contributed by atoms with Gasteiger partial charge in [-0.25, -0.2) is 4.68 Å². The Hall–Kier alpha value is -3.80. The number of ether oxygens (including phenoxy) is 1. The van der Waals surface area contributed by atoms with E-state index in [1.54, 1.807) is 0 Å². The number of para-hydroxylation sites is 1. The highest BCUT2D eigenvalue weighted by molar-refractivity contribution is 5.94. The van der Waals surface area contributed by atoms with Crippen molar-refractivity contribution in [2.75, 3.05) is 6.61 Å². The Kier molecular flexibility index (Phi) is 5.73. The first kappa shape index (κ1) is 21.1. The molecular formula is C27H28N4O2. The summed E-state index contributed by atoms with van der Waals surface area (Å²) in [4.78, 5) is 15.1. The van der Waals surface area contributed by atoms with Crippen molar-refractivity contribution in [3.63, 3.8) is 0 Å². The lowest BCUT2D eigenvalue weighted by Gasteiger charge is -2.18. The summed E-state index contributed by atoms with van der Waals surface area (Å²) < 4.78 is 9.81. The van der Waals surface area contributed by atoms with Crippen LogP contribution in [0.3, 0.4) is 0 Å². The van der Waals surface area contributed by atoms with Gasteiger partial charge in [-0.1, -0.05) is 31.5 Å². The van der Waals surface area contributed by atoms with Gasteiger partial charge >= 0.3 is 0 Å². The maximum absolute atomic E-state index is 13.2. The highest BCUT2D eigenvalue weighted by atomic mass is 16.5. The first-order chi connectivity index (χ1) is 16.2. The van der Waals surface area contributed by atoms with E-state index in [-0.39, 0.29) is 5.91 Å². The van der Waals surface area contributed by atoms with Gasteiger partial charge in [-0.15, -0.1) is 0 Å². The Morgan fingerprint density at radius 2 is 1.76 bits per heavy atom. The van der Waals surface area contributed by atoms with Crippen molar-refractivity contribution in [1.82, 2.24) is 19.2 Å². The molecule has 0 fully saturated rings. The van der Waals surface area contributed by atoms with Crippen molar-refractivity contribution in [3.05, 3.63) is 95.4 Å². The van der Waals surface area contributed by atoms with E-state index >= 15 is 0 Å². The van der Waals surface area contributed by atoms with Gasteiger partial charge in [0.15, 0.2) is 0 Å². The smallest absolute Gasteiger partial charge is 0.254 e. The van der Waals surface area contributed by atoms with Crippen molar-refractivity contribution >= 4 is 5.91 Å². The molecule has 1 amide bonds. The van der Waals surface area contributed by atoms with E-state index in [2.05, 4.69) is 30.5 Å². The molecule has 2 aromatic heterocycles. The van der Waals surface area contributed by atoms with Gasteiger partial charge in [0.1, 0.15) is 11.6 Å². The molecule has 2 aromatic carbocycles. The quantitative estimate of drug-likeness (QED) is 0.366. The maximum atomic E-state index is 13.2. The highest BCUT2D eigenvalue weighted by Gasteiger charge is 2.32. The van der Waals surface area contributed by atoms with Crippen molar-refractivity contribution in [1.29, 1.82) is 0 Å². The van der Waals surface area contributed by atoms with Crippen LogP contribution in [0, 0.1) is 6.92 Å². The number of unbranched alkanes of at least 4 members (excludes halogenated alkanes) is 1. The van der Waals surface area contributed by atoms with Crippen LogP contribution in [0.5, 0.6) is 5.75 Å². The molecule has 0 N–H and O–H groups in total. The predicted molar refractivity (Wildman–Crippen MR) is 128 cm³/mol. The molecule has 33 heavy (non-hydrogen) atoms. The Bertz CT molecular complexity index is 1260. The summed E-state index contributed by atoms with van der Waals surface area (Å²) in [6.45, 7) is 5.95. The lowest BCUT2D eigenvalue weighted by atomic mass is 10.2. The van der Waals surface area contributed by atoms with Crippen LogP contribution >= 0.6 is 0 Å². The molecule has 168 valence electrons. The van der Waals surface area contributed by atoms with E-state index in [0.29, 0.717) is 25.3 Å². The molecule has 1 aliphatic heterocycles. The zero-order chi connectivity index (χ0) is 22.8. The molecule has 0 saturated heterocycles. The first-order valence-corrected chi connectivity index (χ1v) is 11.5. The molecule has 0 unspecified atom stereocenters. The van der Waals surface area contributed by atoms with Gasteiger partial charge < -0.3 is 14.2 Å². The lowest BCUT2D eigenvalue weighted by Crippen LogP contribution is -2.26. The molecule has 5 rings (SSSR count). The van der Waals surface area contributed by atoms with Crippen molar-refractivity contribution in [3.8, 4) is 17.3 Å². The molecule has 6 heteroatoms. The van der Waals surface area contributed by atoms with Crippen molar-refractivity contribution < 1.29 is 9.53 Å². The Morgan fingerprint density at radius 3 is 2.48 bits per heavy atom. The number of hydrogen-bond acceptors (Lipinski definition) is 3. The summed E-state index contributed by atoms with van der Waals surface area (Å²) in [5, 5.41) is 4.94. The minimum Gasteiger partial charge on any atom is -0.494 e. The number of fused-ring (bicyclic) bond motifs is 1. The molecule has 0 spiro atoms. The van der Waals surface area contributed by atoms with Gasteiger partial charge in [-0.2, -0.15) is 5.10 Å². The van der Waals surface area contributed by atoms with Gasteiger partial charge in [0.25, 0.3) is 5.91 Å². The molecule has 0 aliphatic carbocycles. The van der Waals surface area contributed by atoms with Gasteiger partial charge in [-0.3, -0.25) is 4.79 Å². The molecule has 0 bridgehead atoms. The fourth-order valence-corrected chi connectivity index (χ4v) is 4.27. The van der Waals surface area contributed by atoms with Gasteiger partial charge in [0.2, 0.25) is 0 Å². The SMILES string of the molecule is CCCCOc1ccc(C(=O)N2Cc3nn(-c4ccccc4C)c(-n4cccc4)c3C2)cc1. The second-order valence-corrected chi connectivity index (χ2v) is 8.43. The third kappa shape index (κ3) is 4.04. The van der Waals surface area contributed by atoms with Crippen LogP contribution in [-0.2, 0) is 13.1 Å². The van der Waals surface area contributed by atoms with Crippen LogP contribution in [0.1, 0.15) is 46.9 Å². The second-order valence-electron chi connectivity index (χ2n) is 8.43. The van der Waals surface area contributed by atoms with Crippen LogP contribution in [0.15, 0.2) is 73.1 Å². The number of carbonyl (C=O) groups excluding carboxylic acids is 1. The van der Waals surface area contributed by atoms with Gasteiger partial charge in [0.05, 0.1) is 31.1 Å². The Balaban J connectivity index is 1.41. The average molecular weight is 441 g/mol. The largest absolute Gasteiger partial charge is 0.494 e. The van der Waals surface area contributed by atoms with Gasteiger partial charge in [0, 0.05) is 23.5 Å². The van der Waals surface area contributed by atoms with E-state index < -0.39 is 0 Å². The Morgan fingerprint density at radius 1 is 1.00 bits per heavy atom. The van der Waals surface area contributed by atoms with Crippen molar-refractivity contribution in [2.45, 2.75) is 39.8 Å². The van der Waals surface area contributed by atoms with Crippen LogP contribution in [0.25, 0.3) is 11.5 Å². The number of amides is 1. The van der Waals surface area contributed by atoms with Crippen molar-refractivity contribution in [2.24, 2.45) is 0 Å².